The summed E-state index contributed by atoms with van der Waals surface area (Å²) in [6.07, 6.45) is 0. The standard InChI is InChI=1S/C13H11Cl2FN2O/c14-8-3-1-7(2-4-8)6-19-13-10(18)5-9(17)11(15)12(13)16/h1-5H,6,17-18H2. The molecule has 0 bridgehead atoms. The molecule has 3 nitrogen and oxygen atoms in total. The van der Waals surface area contributed by atoms with Gasteiger partial charge in [0.15, 0.2) is 11.6 Å². The lowest BCUT2D eigenvalue weighted by molar-refractivity contribution is 0.292. The minimum atomic E-state index is -0.756. The molecular weight excluding hydrogens is 290 g/mol. The van der Waals surface area contributed by atoms with E-state index < -0.39 is 5.82 Å². The number of hydrogen-bond donors (Lipinski definition) is 2. The van der Waals surface area contributed by atoms with Gasteiger partial charge in [-0.05, 0) is 23.8 Å². The fourth-order valence-corrected chi connectivity index (χ4v) is 1.80. The first-order chi connectivity index (χ1) is 8.99. The molecule has 0 aliphatic heterocycles. The van der Waals surface area contributed by atoms with Crippen molar-refractivity contribution in [2.45, 2.75) is 6.61 Å². The number of ether oxygens (including phenoxy) is 1. The lowest BCUT2D eigenvalue weighted by Gasteiger charge is -2.12. The van der Waals surface area contributed by atoms with Crippen molar-refractivity contribution in [3.8, 4) is 5.75 Å². The van der Waals surface area contributed by atoms with E-state index in [0.29, 0.717) is 5.02 Å². The van der Waals surface area contributed by atoms with E-state index in [-0.39, 0.29) is 28.8 Å². The number of nitrogens with two attached hydrogens (primary N) is 2. The Morgan fingerprint density at radius 2 is 1.68 bits per heavy atom. The van der Waals surface area contributed by atoms with E-state index in [9.17, 15) is 4.39 Å². The predicted octanol–water partition coefficient (Wildman–Crippen LogP) is 3.88. The molecule has 0 fully saturated rings. The van der Waals surface area contributed by atoms with Gasteiger partial charge in [-0.1, -0.05) is 35.3 Å². The van der Waals surface area contributed by atoms with Gasteiger partial charge in [-0.15, -0.1) is 0 Å². The molecule has 0 aromatic heterocycles. The topological polar surface area (TPSA) is 61.3 Å². The third kappa shape index (κ3) is 3.03. The summed E-state index contributed by atoms with van der Waals surface area (Å²) in [6.45, 7) is 0.151. The maximum absolute atomic E-state index is 13.9. The summed E-state index contributed by atoms with van der Waals surface area (Å²) >= 11 is 11.5. The maximum atomic E-state index is 13.9. The summed E-state index contributed by atoms with van der Waals surface area (Å²) in [5, 5.41) is 0.422. The monoisotopic (exact) mass is 300 g/mol. The highest BCUT2D eigenvalue weighted by molar-refractivity contribution is 6.33. The van der Waals surface area contributed by atoms with Crippen molar-refractivity contribution in [3.63, 3.8) is 0 Å². The number of nitrogen functional groups attached to an aromatic ring is 2. The molecule has 100 valence electrons. The molecule has 0 unspecified atom stereocenters. The quantitative estimate of drug-likeness (QED) is 0.846. The Balaban J connectivity index is 2.20. The lowest BCUT2D eigenvalue weighted by Crippen LogP contribution is -2.03. The highest BCUT2D eigenvalue weighted by Gasteiger charge is 2.15. The fourth-order valence-electron chi connectivity index (χ4n) is 1.53. The summed E-state index contributed by atoms with van der Waals surface area (Å²) < 4.78 is 19.2. The molecule has 2 rings (SSSR count). The van der Waals surface area contributed by atoms with Crippen molar-refractivity contribution < 1.29 is 9.13 Å². The van der Waals surface area contributed by atoms with Crippen LogP contribution in [-0.2, 0) is 6.61 Å². The lowest BCUT2D eigenvalue weighted by atomic mass is 10.2. The summed E-state index contributed by atoms with van der Waals surface area (Å²) in [7, 11) is 0. The summed E-state index contributed by atoms with van der Waals surface area (Å²) in [6, 6.07) is 8.35. The van der Waals surface area contributed by atoms with E-state index in [1.807, 2.05) is 0 Å². The van der Waals surface area contributed by atoms with Crippen LogP contribution in [0, 0.1) is 5.82 Å². The first kappa shape index (κ1) is 13.8. The molecule has 0 aliphatic rings. The molecule has 0 radical (unpaired) electrons. The molecule has 2 aromatic carbocycles. The minimum Gasteiger partial charge on any atom is -0.484 e. The zero-order chi connectivity index (χ0) is 14.0. The number of anilines is 2. The van der Waals surface area contributed by atoms with Crippen molar-refractivity contribution >= 4 is 34.6 Å². The largest absolute Gasteiger partial charge is 0.484 e. The Bertz CT molecular complexity index is 603. The average molecular weight is 301 g/mol. The van der Waals surface area contributed by atoms with Crippen molar-refractivity contribution in [3.05, 3.63) is 51.8 Å². The molecular formula is C13H11Cl2FN2O. The Morgan fingerprint density at radius 1 is 1.05 bits per heavy atom. The van der Waals surface area contributed by atoms with Crippen LogP contribution in [0.5, 0.6) is 5.75 Å². The third-order valence-electron chi connectivity index (χ3n) is 2.52. The molecule has 0 saturated heterocycles. The van der Waals surface area contributed by atoms with Gasteiger partial charge >= 0.3 is 0 Å². The molecule has 0 aliphatic carbocycles. The molecule has 0 saturated carbocycles. The van der Waals surface area contributed by atoms with Crippen LogP contribution in [0.2, 0.25) is 10.0 Å². The van der Waals surface area contributed by atoms with Crippen LogP contribution < -0.4 is 16.2 Å². The van der Waals surface area contributed by atoms with Crippen LogP contribution in [0.1, 0.15) is 5.56 Å². The average Bonchev–Trinajstić information content (AvgIpc) is 2.38. The van der Waals surface area contributed by atoms with Crippen molar-refractivity contribution in [2.24, 2.45) is 0 Å². The Hall–Kier alpha value is -1.65. The second-order valence-corrected chi connectivity index (χ2v) is 4.74. The first-order valence-electron chi connectivity index (χ1n) is 5.39. The molecule has 19 heavy (non-hydrogen) atoms. The highest BCUT2D eigenvalue weighted by Crippen LogP contribution is 2.35. The molecule has 4 N–H and O–H groups in total. The molecule has 0 spiro atoms. The SMILES string of the molecule is Nc1cc(N)c(OCc2ccc(Cl)cc2)c(F)c1Cl. The van der Waals surface area contributed by atoms with Crippen molar-refractivity contribution in [1.29, 1.82) is 0 Å². The number of hydrogen-bond acceptors (Lipinski definition) is 3. The van der Waals surface area contributed by atoms with E-state index in [2.05, 4.69) is 0 Å². The van der Waals surface area contributed by atoms with Gasteiger partial charge in [0.25, 0.3) is 0 Å². The van der Waals surface area contributed by atoms with Gasteiger partial charge in [-0.2, -0.15) is 0 Å². The predicted molar refractivity (Wildman–Crippen MR) is 76.0 cm³/mol. The van der Waals surface area contributed by atoms with Crippen molar-refractivity contribution in [2.75, 3.05) is 11.5 Å². The van der Waals surface area contributed by atoms with Crippen LogP contribution in [0.3, 0.4) is 0 Å². The third-order valence-corrected chi connectivity index (χ3v) is 3.15. The summed E-state index contributed by atoms with van der Waals surface area (Å²) in [5.74, 6) is -0.859. The van der Waals surface area contributed by atoms with Crippen molar-refractivity contribution in [1.82, 2.24) is 0 Å². The molecule has 0 atom stereocenters. The van der Waals surface area contributed by atoms with Gasteiger partial charge in [-0.3, -0.25) is 0 Å². The zero-order valence-electron chi connectivity index (χ0n) is 9.79. The Kier molecular flexibility index (Phi) is 4.02. The summed E-state index contributed by atoms with van der Waals surface area (Å²) in [5.41, 5.74) is 12.2. The zero-order valence-corrected chi connectivity index (χ0v) is 11.3. The van der Waals surface area contributed by atoms with Gasteiger partial charge in [-0.25, -0.2) is 4.39 Å². The molecule has 0 heterocycles. The normalized spacial score (nSPS) is 10.5. The first-order valence-corrected chi connectivity index (χ1v) is 6.15. The van der Waals surface area contributed by atoms with Crippen LogP contribution in [-0.4, -0.2) is 0 Å². The van der Waals surface area contributed by atoms with Gasteiger partial charge in [0.2, 0.25) is 0 Å². The smallest absolute Gasteiger partial charge is 0.187 e. The number of rotatable bonds is 3. The second kappa shape index (κ2) is 5.55. The van der Waals surface area contributed by atoms with Crippen LogP contribution >= 0.6 is 23.2 Å². The molecule has 2 aromatic rings. The number of benzene rings is 2. The Labute approximate surface area is 119 Å². The van der Waals surface area contributed by atoms with E-state index in [1.54, 1.807) is 24.3 Å². The van der Waals surface area contributed by atoms with E-state index >= 15 is 0 Å². The van der Waals surface area contributed by atoms with E-state index in [4.69, 9.17) is 39.4 Å². The van der Waals surface area contributed by atoms with Crippen LogP contribution in [0.25, 0.3) is 0 Å². The van der Waals surface area contributed by atoms with Gasteiger partial charge < -0.3 is 16.2 Å². The van der Waals surface area contributed by atoms with Crippen LogP contribution in [0.4, 0.5) is 15.8 Å². The molecule has 6 heteroatoms. The van der Waals surface area contributed by atoms with Gasteiger partial charge in [0, 0.05) is 5.02 Å². The van der Waals surface area contributed by atoms with Gasteiger partial charge in [0.1, 0.15) is 11.6 Å². The van der Waals surface area contributed by atoms with Gasteiger partial charge in [0.05, 0.1) is 11.4 Å². The number of halogens is 3. The molecule has 0 amide bonds. The highest BCUT2D eigenvalue weighted by atomic mass is 35.5. The Morgan fingerprint density at radius 3 is 2.32 bits per heavy atom. The maximum Gasteiger partial charge on any atom is 0.187 e. The fraction of sp³-hybridized carbons (Fsp3) is 0.0769. The van der Waals surface area contributed by atoms with E-state index in [1.165, 1.54) is 6.07 Å². The second-order valence-electron chi connectivity index (χ2n) is 3.93. The summed E-state index contributed by atoms with van der Waals surface area (Å²) in [4.78, 5) is 0. The van der Waals surface area contributed by atoms with E-state index in [0.717, 1.165) is 5.56 Å². The van der Waals surface area contributed by atoms with Crippen LogP contribution in [0.15, 0.2) is 30.3 Å². The minimum absolute atomic E-state index is 0.0792.